The number of ether oxygens (including phenoxy) is 2. The zero-order valence-corrected chi connectivity index (χ0v) is 15.6. The second-order valence-electron chi connectivity index (χ2n) is 6.40. The van der Waals surface area contributed by atoms with Gasteiger partial charge in [0.05, 0.1) is 26.8 Å². The van der Waals surface area contributed by atoms with Gasteiger partial charge in [0, 0.05) is 23.7 Å². The zero-order chi connectivity index (χ0) is 19.2. The van der Waals surface area contributed by atoms with Gasteiger partial charge in [-0.3, -0.25) is 9.59 Å². The van der Waals surface area contributed by atoms with Crippen molar-refractivity contribution in [2.45, 2.75) is 18.9 Å². The molecule has 3 rings (SSSR count). The van der Waals surface area contributed by atoms with Gasteiger partial charge < -0.3 is 19.7 Å². The highest BCUT2D eigenvalue weighted by Crippen LogP contribution is 2.38. The average molecular weight is 368 g/mol. The van der Waals surface area contributed by atoms with Crippen molar-refractivity contribution in [1.82, 2.24) is 10.2 Å². The molecule has 1 N–H and O–H groups in total. The number of hydrogen-bond acceptors (Lipinski definition) is 4. The molecular formula is C21H24N2O4. The van der Waals surface area contributed by atoms with Gasteiger partial charge in [0.25, 0.3) is 5.91 Å². The molecule has 1 saturated heterocycles. The minimum atomic E-state index is -0.248. The van der Waals surface area contributed by atoms with Crippen LogP contribution in [0, 0.1) is 0 Å². The number of benzene rings is 2. The molecule has 1 aliphatic heterocycles. The Morgan fingerprint density at radius 1 is 1.11 bits per heavy atom. The summed E-state index contributed by atoms with van der Waals surface area (Å²) in [6.07, 6.45) is 1.78. The van der Waals surface area contributed by atoms with E-state index >= 15 is 0 Å². The fraction of sp³-hybridized carbons (Fsp3) is 0.333. The van der Waals surface area contributed by atoms with Crippen molar-refractivity contribution in [1.29, 1.82) is 0 Å². The van der Waals surface area contributed by atoms with E-state index in [9.17, 15) is 9.59 Å². The molecule has 1 atom stereocenters. The van der Waals surface area contributed by atoms with Gasteiger partial charge in [-0.2, -0.15) is 0 Å². The second-order valence-corrected chi connectivity index (χ2v) is 6.40. The molecule has 0 bridgehead atoms. The van der Waals surface area contributed by atoms with Gasteiger partial charge in [0.1, 0.15) is 11.5 Å². The number of nitrogens with one attached hydrogen (secondary N) is 1. The Balaban J connectivity index is 1.69. The number of methoxy groups -OCH3 is 2. The van der Waals surface area contributed by atoms with Crippen LogP contribution in [-0.2, 0) is 4.79 Å². The fourth-order valence-corrected chi connectivity index (χ4v) is 3.43. The summed E-state index contributed by atoms with van der Waals surface area (Å²) >= 11 is 0. The van der Waals surface area contributed by atoms with Gasteiger partial charge in [-0.15, -0.1) is 0 Å². The number of hydrogen-bond donors (Lipinski definition) is 1. The molecule has 6 nitrogen and oxygen atoms in total. The molecule has 2 aromatic carbocycles. The van der Waals surface area contributed by atoms with E-state index < -0.39 is 0 Å². The van der Waals surface area contributed by atoms with Crippen molar-refractivity contribution in [2.75, 3.05) is 27.3 Å². The summed E-state index contributed by atoms with van der Waals surface area (Å²) in [6, 6.07) is 14.5. The van der Waals surface area contributed by atoms with Crippen molar-refractivity contribution in [2.24, 2.45) is 0 Å². The number of nitrogens with zero attached hydrogens (tertiary/aromatic N) is 1. The largest absolute Gasteiger partial charge is 0.497 e. The summed E-state index contributed by atoms with van der Waals surface area (Å²) in [4.78, 5) is 26.7. The van der Waals surface area contributed by atoms with Crippen LogP contribution in [0.2, 0.25) is 0 Å². The highest BCUT2D eigenvalue weighted by atomic mass is 16.5. The maximum absolute atomic E-state index is 12.7. The molecule has 0 saturated carbocycles. The molecule has 1 heterocycles. The predicted molar refractivity (Wildman–Crippen MR) is 102 cm³/mol. The van der Waals surface area contributed by atoms with Crippen LogP contribution in [0.25, 0.3) is 0 Å². The summed E-state index contributed by atoms with van der Waals surface area (Å²) in [7, 11) is 3.22. The van der Waals surface area contributed by atoms with Gasteiger partial charge in [-0.25, -0.2) is 0 Å². The maximum Gasteiger partial charge on any atom is 0.251 e. The highest BCUT2D eigenvalue weighted by molar-refractivity contribution is 5.96. The molecule has 2 amide bonds. The number of carbonyl (C=O) groups excluding carboxylic acids is 2. The first-order chi connectivity index (χ1) is 13.1. The summed E-state index contributed by atoms with van der Waals surface area (Å²) in [5.41, 5.74) is 1.50. The van der Waals surface area contributed by atoms with E-state index in [1.807, 2.05) is 29.2 Å². The van der Waals surface area contributed by atoms with Crippen molar-refractivity contribution in [3.8, 4) is 11.5 Å². The van der Waals surface area contributed by atoms with Crippen molar-refractivity contribution < 1.29 is 19.1 Å². The highest BCUT2D eigenvalue weighted by Gasteiger charge is 2.32. The molecule has 142 valence electrons. The minimum Gasteiger partial charge on any atom is -0.497 e. The van der Waals surface area contributed by atoms with Crippen LogP contribution < -0.4 is 14.8 Å². The minimum absolute atomic E-state index is 0.0251. The third kappa shape index (κ3) is 4.22. The smallest absolute Gasteiger partial charge is 0.251 e. The third-order valence-corrected chi connectivity index (χ3v) is 4.81. The van der Waals surface area contributed by atoms with Crippen LogP contribution in [-0.4, -0.2) is 44.0 Å². The fourth-order valence-electron chi connectivity index (χ4n) is 3.43. The topological polar surface area (TPSA) is 67.9 Å². The number of rotatable bonds is 6. The van der Waals surface area contributed by atoms with Crippen molar-refractivity contribution in [3.63, 3.8) is 0 Å². The summed E-state index contributed by atoms with van der Waals surface area (Å²) in [6.45, 7) is 0.641. The van der Waals surface area contributed by atoms with Crippen LogP contribution in [0.4, 0.5) is 0 Å². The Bertz CT molecular complexity index is 807. The monoisotopic (exact) mass is 368 g/mol. The Hall–Kier alpha value is -3.02. The molecule has 1 aliphatic rings. The van der Waals surface area contributed by atoms with Crippen LogP contribution in [0.15, 0.2) is 48.5 Å². The lowest BCUT2D eigenvalue weighted by molar-refractivity contribution is -0.131. The maximum atomic E-state index is 12.7. The molecule has 6 heteroatoms. The predicted octanol–water partition coefficient (Wildman–Crippen LogP) is 2.80. The Morgan fingerprint density at radius 3 is 2.59 bits per heavy atom. The SMILES string of the molecule is COc1ccc([C@@H]2CCCN2C(=O)CNC(=O)c2ccccc2)c(OC)c1. The van der Waals surface area contributed by atoms with Gasteiger partial charge in [0.2, 0.25) is 5.91 Å². The van der Waals surface area contributed by atoms with E-state index in [-0.39, 0.29) is 24.4 Å². The lowest BCUT2D eigenvalue weighted by Gasteiger charge is -2.26. The Labute approximate surface area is 159 Å². The van der Waals surface area contributed by atoms with E-state index in [1.165, 1.54) is 0 Å². The molecule has 0 spiro atoms. The third-order valence-electron chi connectivity index (χ3n) is 4.81. The quantitative estimate of drug-likeness (QED) is 0.851. The molecule has 2 aromatic rings. The van der Waals surface area contributed by atoms with Crippen LogP contribution >= 0.6 is 0 Å². The number of amides is 2. The summed E-state index contributed by atoms with van der Waals surface area (Å²) < 4.78 is 10.7. The van der Waals surface area contributed by atoms with Crippen LogP contribution in [0.5, 0.6) is 11.5 Å². The summed E-state index contributed by atoms with van der Waals surface area (Å²) in [5, 5.41) is 2.71. The normalized spacial score (nSPS) is 16.1. The first-order valence-electron chi connectivity index (χ1n) is 8.98. The Morgan fingerprint density at radius 2 is 1.89 bits per heavy atom. The molecule has 0 unspecified atom stereocenters. The molecule has 1 fully saturated rings. The number of likely N-dealkylation sites (tertiary alicyclic amines) is 1. The number of carbonyl (C=O) groups is 2. The molecule has 0 radical (unpaired) electrons. The van der Waals surface area contributed by atoms with E-state index in [1.54, 1.807) is 38.5 Å². The van der Waals surface area contributed by atoms with Gasteiger partial charge >= 0.3 is 0 Å². The average Bonchev–Trinajstić information content (AvgIpc) is 3.21. The van der Waals surface area contributed by atoms with E-state index in [0.717, 1.165) is 18.4 Å². The first kappa shape index (κ1) is 18.8. The van der Waals surface area contributed by atoms with E-state index in [0.29, 0.717) is 23.6 Å². The second kappa shape index (κ2) is 8.58. The lowest BCUT2D eigenvalue weighted by atomic mass is 10.0. The summed E-state index contributed by atoms with van der Waals surface area (Å²) in [5.74, 6) is 1.07. The Kier molecular flexibility index (Phi) is 5.96. The molecular weight excluding hydrogens is 344 g/mol. The van der Waals surface area contributed by atoms with Crippen LogP contribution in [0.3, 0.4) is 0 Å². The van der Waals surface area contributed by atoms with Crippen molar-refractivity contribution >= 4 is 11.8 Å². The zero-order valence-electron chi connectivity index (χ0n) is 15.6. The lowest BCUT2D eigenvalue weighted by Crippen LogP contribution is -2.39. The van der Waals surface area contributed by atoms with E-state index in [4.69, 9.17) is 9.47 Å². The van der Waals surface area contributed by atoms with Crippen molar-refractivity contribution in [3.05, 3.63) is 59.7 Å². The standard InChI is InChI=1S/C21H24N2O4/c1-26-16-10-11-17(19(13-16)27-2)18-9-6-12-23(18)20(24)14-22-21(25)15-7-4-3-5-8-15/h3-5,7-8,10-11,13,18H,6,9,12,14H2,1-2H3,(H,22,25)/t18-/m0/s1. The molecule has 0 aliphatic carbocycles. The van der Waals surface area contributed by atoms with Gasteiger partial charge in [-0.05, 0) is 37.1 Å². The van der Waals surface area contributed by atoms with Gasteiger partial charge in [-0.1, -0.05) is 18.2 Å². The first-order valence-corrected chi connectivity index (χ1v) is 8.98. The molecule has 0 aromatic heterocycles. The van der Waals surface area contributed by atoms with Gasteiger partial charge in [0.15, 0.2) is 0 Å². The molecule has 27 heavy (non-hydrogen) atoms. The van der Waals surface area contributed by atoms with E-state index in [2.05, 4.69) is 5.32 Å². The van der Waals surface area contributed by atoms with Crippen LogP contribution in [0.1, 0.15) is 34.8 Å².